The van der Waals surface area contributed by atoms with Gasteiger partial charge >= 0.3 is 6.03 Å². The van der Waals surface area contributed by atoms with Crippen molar-refractivity contribution in [3.8, 4) is 0 Å². The largest absolute Gasteiger partial charge is 0.467 e. The second-order valence-corrected chi connectivity index (χ2v) is 9.77. The molecule has 9 heteroatoms. The monoisotopic (exact) mass is 492 g/mol. The van der Waals surface area contributed by atoms with Gasteiger partial charge in [0.1, 0.15) is 29.6 Å². The molecule has 1 N–H and O–H groups in total. The zero-order chi connectivity index (χ0) is 25.3. The smallest absolute Gasteiger partial charge is 0.325 e. The first-order chi connectivity index (χ1) is 17.5. The molecular weight excluding hydrogens is 460 g/mol. The highest BCUT2D eigenvalue weighted by Crippen LogP contribution is 2.44. The molecule has 2 aromatic rings. The fourth-order valence-corrected chi connectivity index (χ4v) is 5.84. The third-order valence-electron chi connectivity index (χ3n) is 7.34. The topological polar surface area (TPSA) is 108 Å². The molecule has 0 unspecified atom stereocenters. The molecule has 2 fully saturated rings. The van der Waals surface area contributed by atoms with Crippen LogP contribution in [-0.4, -0.2) is 45.5 Å². The van der Waals surface area contributed by atoms with Gasteiger partial charge in [-0.05, 0) is 68.0 Å². The van der Waals surface area contributed by atoms with Crippen molar-refractivity contribution in [1.29, 1.82) is 0 Å². The van der Waals surface area contributed by atoms with Crippen LogP contribution in [0.2, 0.25) is 0 Å². The van der Waals surface area contributed by atoms with E-state index in [1.165, 1.54) is 5.01 Å². The van der Waals surface area contributed by atoms with Crippen LogP contribution < -0.4 is 5.32 Å². The molecule has 190 valence electrons. The minimum absolute atomic E-state index is 0.0440. The number of furan rings is 2. The molecule has 0 spiro atoms. The van der Waals surface area contributed by atoms with Crippen LogP contribution in [-0.2, 0) is 9.59 Å². The Hall–Kier alpha value is -3.62. The SMILES string of the molecule is CCCC1(CCC)NC(=O)N(CC(=O)N2N=C3/C(=C/c4ccco4)CCC[C@@H]3[C@H]2c2ccco2)C1=O. The van der Waals surface area contributed by atoms with Crippen LogP contribution in [0, 0.1) is 5.92 Å². The molecule has 0 aromatic carbocycles. The van der Waals surface area contributed by atoms with Crippen molar-refractivity contribution in [3.05, 3.63) is 53.9 Å². The normalized spacial score (nSPS) is 24.3. The second-order valence-electron chi connectivity index (χ2n) is 9.77. The summed E-state index contributed by atoms with van der Waals surface area (Å²) in [4.78, 5) is 40.9. The van der Waals surface area contributed by atoms with Gasteiger partial charge in [0.05, 0.1) is 18.2 Å². The van der Waals surface area contributed by atoms with Crippen molar-refractivity contribution in [2.45, 2.75) is 70.4 Å². The van der Waals surface area contributed by atoms with Crippen molar-refractivity contribution >= 4 is 29.6 Å². The summed E-state index contributed by atoms with van der Waals surface area (Å²) in [7, 11) is 0. The summed E-state index contributed by atoms with van der Waals surface area (Å²) in [6.45, 7) is 3.60. The van der Waals surface area contributed by atoms with E-state index in [-0.39, 0.29) is 18.4 Å². The first-order valence-corrected chi connectivity index (χ1v) is 12.8. The predicted octanol–water partition coefficient (Wildman–Crippen LogP) is 4.89. The van der Waals surface area contributed by atoms with Crippen LogP contribution in [0.3, 0.4) is 0 Å². The lowest BCUT2D eigenvalue weighted by atomic mass is 9.79. The van der Waals surface area contributed by atoms with Crippen molar-refractivity contribution in [2.24, 2.45) is 11.0 Å². The number of hydrazone groups is 1. The Balaban J connectivity index is 1.44. The Bertz CT molecular complexity index is 1170. The van der Waals surface area contributed by atoms with Gasteiger partial charge in [-0.3, -0.25) is 14.5 Å². The summed E-state index contributed by atoms with van der Waals surface area (Å²) in [5, 5.41) is 9.07. The number of carbonyl (C=O) groups is 3. The van der Waals surface area contributed by atoms with Gasteiger partial charge in [-0.1, -0.05) is 26.7 Å². The summed E-state index contributed by atoms with van der Waals surface area (Å²) < 4.78 is 11.2. The molecule has 5 rings (SSSR count). The number of carbonyl (C=O) groups excluding carboxylic acids is 3. The number of rotatable bonds is 8. The van der Waals surface area contributed by atoms with Crippen molar-refractivity contribution in [2.75, 3.05) is 6.54 Å². The molecule has 1 saturated carbocycles. The van der Waals surface area contributed by atoms with Crippen LogP contribution in [0.4, 0.5) is 4.79 Å². The van der Waals surface area contributed by atoms with E-state index in [1.807, 2.05) is 38.1 Å². The number of amides is 4. The van der Waals surface area contributed by atoms with E-state index in [1.54, 1.807) is 18.6 Å². The van der Waals surface area contributed by atoms with Gasteiger partial charge in [0.15, 0.2) is 0 Å². The van der Waals surface area contributed by atoms with Gasteiger partial charge < -0.3 is 14.2 Å². The Kier molecular flexibility index (Phi) is 6.55. The maximum atomic E-state index is 13.7. The highest BCUT2D eigenvalue weighted by Gasteiger charge is 2.52. The van der Waals surface area contributed by atoms with Gasteiger partial charge in [-0.2, -0.15) is 5.10 Å². The molecule has 0 radical (unpaired) electrons. The van der Waals surface area contributed by atoms with Gasteiger partial charge in [-0.15, -0.1) is 0 Å². The minimum Gasteiger partial charge on any atom is -0.467 e. The maximum absolute atomic E-state index is 13.7. The number of urea groups is 1. The number of nitrogens with one attached hydrogen (secondary N) is 1. The van der Waals surface area contributed by atoms with Gasteiger partial charge in [0, 0.05) is 5.92 Å². The number of hydrogen-bond acceptors (Lipinski definition) is 6. The fourth-order valence-electron chi connectivity index (χ4n) is 5.84. The predicted molar refractivity (Wildman–Crippen MR) is 133 cm³/mol. The van der Waals surface area contributed by atoms with E-state index >= 15 is 0 Å². The number of imide groups is 1. The van der Waals surface area contributed by atoms with E-state index in [0.717, 1.165) is 54.0 Å². The van der Waals surface area contributed by atoms with E-state index in [0.29, 0.717) is 18.6 Å². The molecule has 2 aromatic heterocycles. The molecule has 4 heterocycles. The molecule has 36 heavy (non-hydrogen) atoms. The maximum Gasteiger partial charge on any atom is 0.325 e. The summed E-state index contributed by atoms with van der Waals surface area (Å²) in [6.07, 6.45) is 10.4. The van der Waals surface area contributed by atoms with Crippen LogP contribution in [0.5, 0.6) is 0 Å². The third kappa shape index (κ3) is 4.16. The van der Waals surface area contributed by atoms with Gasteiger partial charge in [0.2, 0.25) is 0 Å². The molecule has 4 amide bonds. The number of fused-ring (bicyclic) bond motifs is 1. The molecule has 0 bridgehead atoms. The molecule has 2 atom stereocenters. The standard InChI is InChI=1S/C27H32N4O5/c1-3-12-27(13-4-2)25(33)30(26(34)28-27)17-22(32)31-24(21-11-7-15-36-21)20-10-5-8-18(23(20)29-31)16-19-9-6-14-35-19/h6-7,9,11,14-16,20,24H,3-5,8,10,12-13,17H2,1-2H3,(H,28,34)/b18-16+/t20-,24-/m0/s1. The molecular formula is C27H32N4O5. The molecule has 3 aliphatic rings. The van der Waals surface area contributed by atoms with Crippen LogP contribution in [0.15, 0.2) is 56.3 Å². The molecule has 9 nitrogen and oxygen atoms in total. The van der Waals surface area contributed by atoms with Gasteiger partial charge in [-0.25, -0.2) is 9.80 Å². The van der Waals surface area contributed by atoms with Crippen molar-refractivity contribution in [1.82, 2.24) is 15.2 Å². The lowest BCUT2D eigenvalue weighted by Gasteiger charge is -2.28. The Morgan fingerprint density at radius 2 is 1.92 bits per heavy atom. The van der Waals surface area contributed by atoms with E-state index < -0.39 is 23.5 Å². The van der Waals surface area contributed by atoms with Crippen LogP contribution >= 0.6 is 0 Å². The Morgan fingerprint density at radius 3 is 2.58 bits per heavy atom. The summed E-state index contributed by atoms with van der Waals surface area (Å²) in [5.74, 6) is 0.576. The Morgan fingerprint density at radius 1 is 1.17 bits per heavy atom. The quantitative estimate of drug-likeness (QED) is 0.528. The fraction of sp³-hybridized carbons (Fsp3) is 0.481. The molecule has 1 aliphatic carbocycles. The van der Waals surface area contributed by atoms with Crippen molar-refractivity contribution in [3.63, 3.8) is 0 Å². The Labute approximate surface area is 210 Å². The summed E-state index contributed by atoms with van der Waals surface area (Å²) >= 11 is 0. The lowest BCUT2D eigenvalue weighted by molar-refractivity contribution is -0.140. The van der Waals surface area contributed by atoms with Crippen LogP contribution in [0.25, 0.3) is 6.08 Å². The summed E-state index contributed by atoms with van der Waals surface area (Å²) in [6, 6.07) is 6.40. The van der Waals surface area contributed by atoms with Crippen LogP contribution in [0.1, 0.15) is 76.4 Å². The van der Waals surface area contributed by atoms with E-state index in [9.17, 15) is 14.4 Å². The lowest BCUT2D eigenvalue weighted by Crippen LogP contribution is -2.47. The first-order valence-electron chi connectivity index (χ1n) is 12.8. The van der Waals surface area contributed by atoms with E-state index in [2.05, 4.69) is 5.32 Å². The number of allylic oxidation sites excluding steroid dienone is 1. The molecule has 2 aliphatic heterocycles. The summed E-state index contributed by atoms with van der Waals surface area (Å²) in [5.41, 5.74) is 0.911. The zero-order valence-corrected chi connectivity index (χ0v) is 20.7. The zero-order valence-electron chi connectivity index (χ0n) is 20.7. The van der Waals surface area contributed by atoms with E-state index in [4.69, 9.17) is 13.9 Å². The van der Waals surface area contributed by atoms with Gasteiger partial charge in [0.25, 0.3) is 11.8 Å². The highest BCUT2D eigenvalue weighted by molar-refractivity contribution is 6.10. The number of hydrogen-bond donors (Lipinski definition) is 1. The third-order valence-corrected chi connectivity index (χ3v) is 7.34. The van der Waals surface area contributed by atoms with Crippen molar-refractivity contribution < 1.29 is 23.2 Å². The minimum atomic E-state index is -0.939. The highest BCUT2D eigenvalue weighted by atomic mass is 16.3. The number of nitrogens with zero attached hydrogens (tertiary/aromatic N) is 3. The first kappa shape index (κ1) is 24.1. The molecule has 1 saturated heterocycles. The average Bonchev–Trinajstić information content (AvgIpc) is 3.65. The average molecular weight is 493 g/mol. The second kappa shape index (κ2) is 9.79.